The molecule has 0 aromatic heterocycles. The van der Waals surface area contributed by atoms with Crippen molar-refractivity contribution in [3.05, 3.63) is 35.9 Å². The van der Waals surface area contributed by atoms with E-state index < -0.39 is 0 Å². The van der Waals surface area contributed by atoms with E-state index in [1.165, 1.54) is 6.42 Å². The fraction of sp³-hybridized carbons (Fsp3) is 0.500. The summed E-state index contributed by atoms with van der Waals surface area (Å²) < 4.78 is 5.44. The predicted molar refractivity (Wildman–Crippen MR) is 70.3 cm³/mol. The molecule has 2 N–H and O–H groups in total. The normalized spacial score (nSPS) is 16.7. The Kier molecular flexibility index (Phi) is 4.20. The van der Waals surface area contributed by atoms with Gasteiger partial charge in [-0.15, -0.1) is 0 Å². The van der Waals surface area contributed by atoms with Gasteiger partial charge in [0.2, 0.25) is 0 Å². The van der Waals surface area contributed by atoms with E-state index in [-0.39, 0.29) is 11.6 Å². The fourth-order valence-electron chi connectivity index (χ4n) is 2.11. The summed E-state index contributed by atoms with van der Waals surface area (Å²) in [7, 11) is 1.71. The van der Waals surface area contributed by atoms with E-state index >= 15 is 0 Å². The van der Waals surface area contributed by atoms with Crippen LogP contribution in [0.2, 0.25) is 0 Å². The molecule has 1 fully saturated rings. The number of methoxy groups -OCH3 is 1. The van der Waals surface area contributed by atoms with Gasteiger partial charge in [0, 0.05) is 20.2 Å². The number of hydrogen-bond acceptors (Lipinski definition) is 2. The molecule has 1 aliphatic carbocycles. The number of hydrogen-bond donors (Lipinski definition) is 2. The molecule has 1 aromatic carbocycles. The lowest BCUT2D eigenvalue weighted by Crippen LogP contribution is -2.51. The van der Waals surface area contributed by atoms with Crippen molar-refractivity contribution in [2.75, 3.05) is 13.7 Å². The zero-order valence-corrected chi connectivity index (χ0v) is 10.7. The molecule has 1 saturated carbocycles. The summed E-state index contributed by atoms with van der Waals surface area (Å²) in [6.45, 7) is 1.14. The van der Waals surface area contributed by atoms with E-state index in [2.05, 4.69) is 10.6 Å². The minimum absolute atomic E-state index is 0.121. The molecular formula is C14H20N2O2. The van der Waals surface area contributed by atoms with Crippen LogP contribution in [-0.2, 0) is 11.3 Å². The van der Waals surface area contributed by atoms with E-state index in [0.29, 0.717) is 13.1 Å². The predicted octanol–water partition coefficient (Wildman–Crippen LogP) is 2.05. The molecule has 1 aliphatic rings. The Morgan fingerprint density at radius 1 is 1.28 bits per heavy atom. The van der Waals surface area contributed by atoms with Crippen molar-refractivity contribution >= 4 is 6.03 Å². The van der Waals surface area contributed by atoms with Crippen molar-refractivity contribution in [3.63, 3.8) is 0 Å². The van der Waals surface area contributed by atoms with Gasteiger partial charge < -0.3 is 15.4 Å². The molecule has 2 rings (SSSR count). The first-order valence-electron chi connectivity index (χ1n) is 6.35. The number of rotatable bonds is 5. The standard InChI is InChI=1S/C14H20N2O2/c1-18-14(8-5-9-14)11-16-13(17)15-10-12-6-3-2-4-7-12/h2-4,6-7H,5,8-11H2,1H3,(H2,15,16,17). The Labute approximate surface area is 108 Å². The summed E-state index contributed by atoms with van der Waals surface area (Å²) in [5, 5.41) is 5.71. The molecular weight excluding hydrogens is 228 g/mol. The molecule has 18 heavy (non-hydrogen) atoms. The van der Waals surface area contributed by atoms with Crippen LogP contribution < -0.4 is 10.6 Å². The average Bonchev–Trinajstić information content (AvgIpc) is 2.37. The van der Waals surface area contributed by atoms with Crippen molar-refractivity contribution in [2.24, 2.45) is 0 Å². The lowest BCUT2D eigenvalue weighted by atomic mass is 9.80. The molecule has 0 bridgehead atoms. The highest BCUT2D eigenvalue weighted by molar-refractivity contribution is 5.73. The third kappa shape index (κ3) is 3.23. The summed E-state index contributed by atoms with van der Waals surface area (Å²) in [4.78, 5) is 11.6. The van der Waals surface area contributed by atoms with E-state index in [4.69, 9.17) is 4.74 Å². The first-order valence-corrected chi connectivity index (χ1v) is 6.35. The molecule has 98 valence electrons. The van der Waals surface area contributed by atoms with Crippen LogP contribution in [0.1, 0.15) is 24.8 Å². The third-order valence-electron chi connectivity index (χ3n) is 3.56. The molecule has 2 amide bonds. The van der Waals surface area contributed by atoms with Gasteiger partial charge in [0.15, 0.2) is 0 Å². The smallest absolute Gasteiger partial charge is 0.315 e. The summed E-state index contributed by atoms with van der Waals surface area (Å²) in [5.74, 6) is 0. The molecule has 4 heteroatoms. The average molecular weight is 248 g/mol. The van der Waals surface area contributed by atoms with Gasteiger partial charge in [0.1, 0.15) is 0 Å². The maximum absolute atomic E-state index is 11.6. The Morgan fingerprint density at radius 2 is 2.00 bits per heavy atom. The highest BCUT2D eigenvalue weighted by Crippen LogP contribution is 2.34. The maximum Gasteiger partial charge on any atom is 0.315 e. The lowest BCUT2D eigenvalue weighted by Gasteiger charge is -2.40. The number of nitrogens with one attached hydrogen (secondary N) is 2. The summed E-state index contributed by atoms with van der Waals surface area (Å²) in [6, 6.07) is 9.72. The zero-order chi connectivity index (χ0) is 12.8. The number of carbonyl (C=O) groups excluding carboxylic acids is 1. The van der Waals surface area contributed by atoms with Crippen LogP contribution >= 0.6 is 0 Å². The van der Waals surface area contributed by atoms with Gasteiger partial charge in [-0.2, -0.15) is 0 Å². The summed E-state index contributed by atoms with van der Waals surface area (Å²) >= 11 is 0. The van der Waals surface area contributed by atoms with Crippen LogP contribution in [0.15, 0.2) is 30.3 Å². The number of urea groups is 1. The second kappa shape index (κ2) is 5.87. The van der Waals surface area contributed by atoms with Gasteiger partial charge in [0.05, 0.1) is 5.60 Å². The first-order chi connectivity index (χ1) is 8.74. The molecule has 0 radical (unpaired) electrons. The maximum atomic E-state index is 11.6. The van der Waals surface area contributed by atoms with Gasteiger partial charge >= 0.3 is 6.03 Å². The second-order valence-electron chi connectivity index (χ2n) is 4.76. The fourth-order valence-corrected chi connectivity index (χ4v) is 2.11. The molecule has 1 aromatic rings. The number of ether oxygens (including phenoxy) is 1. The van der Waals surface area contributed by atoms with Gasteiger partial charge in [-0.1, -0.05) is 30.3 Å². The van der Waals surface area contributed by atoms with Gasteiger partial charge in [-0.3, -0.25) is 0 Å². The van der Waals surface area contributed by atoms with E-state index in [1.807, 2.05) is 30.3 Å². The van der Waals surface area contributed by atoms with Crippen LogP contribution in [-0.4, -0.2) is 25.3 Å². The van der Waals surface area contributed by atoms with E-state index in [9.17, 15) is 4.79 Å². The highest BCUT2D eigenvalue weighted by Gasteiger charge is 2.37. The van der Waals surface area contributed by atoms with Crippen LogP contribution in [0.4, 0.5) is 4.79 Å². The van der Waals surface area contributed by atoms with Crippen LogP contribution in [0.25, 0.3) is 0 Å². The molecule has 0 heterocycles. The SMILES string of the molecule is COC1(CNC(=O)NCc2ccccc2)CCC1. The molecule has 0 saturated heterocycles. The minimum atomic E-state index is -0.137. The molecule has 0 unspecified atom stereocenters. The van der Waals surface area contributed by atoms with Gasteiger partial charge in [-0.25, -0.2) is 4.79 Å². The topological polar surface area (TPSA) is 50.4 Å². The van der Waals surface area contributed by atoms with Crippen molar-refractivity contribution in [2.45, 2.75) is 31.4 Å². The molecule has 0 spiro atoms. The second-order valence-corrected chi connectivity index (χ2v) is 4.76. The van der Waals surface area contributed by atoms with Crippen molar-refractivity contribution in [1.29, 1.82) is 0 Å². The van der Waals surface area contributed by atoms with Crippen molar-refractivity contribution in [1.82, 2.24) is 10.6 Å². The van der Waals surface area contributed by atoms with Crippen LogP contribution in [0.3, 0.4) is 0 Å². The van der Waals surface area contributed by atoms with E-state index in [0.717, 1.165) is 18.4 Å². The largest absolute Gasteiger partial charge is 0.376 e. The Morgan fingerprint density at radius 3 is 2.56 bits per heavy atom. The Bertz CT molecular complexity index is 383. The Hall–Kier alpha value is -1.55. The first kappa shape index (κ1) is 12.9. The monoisotopic (exact) mass is 248 g/mol. The number of benzene rings is 1. The summed E-state index contributed by atoms with van der Waals surface area (Å²) in [5.41, 5.74) is 0.974. The number of amides is 2. The number of carbonyl (C=O) groups is 1. The van der Waals surface area contributed by atoms with Crippen molar-refractivity contribution in [3.8, 4) is 0 Å². The van der Waals surface area contributed by atoms with Crippen LogP contribution in [0, 0.1) is 0 Å². The van der Waals surface area contributed by atoms with E-state index in [1.54, 1.807) is 7.11 Å². The third-order valence-corrected chi connectivity index (χ3v) is 3.56. The zero-order valence-electron chi connectivity index (χ0n) is 10.7. The molecule has 0 aliphatic heterocycles. The minimum Gasteiger partial charge on any atom is -0.376 e. The summed E-state index contributed by atoms with van der Waals surface area (Å²) in [6.07, 6.45) is 3.24. The van der Waals surface area contributed by atoms with Gasteiger partial charge in [-0.05, 0) is 24.8 Å². The lowest BCUT2D eigenvalue weighted by molar-refractivity contribution is -0.0673. The quantitative estimate of drug-likeness (QED) is 0.838. The van der Waals surface area contributed by atoms with Crippen LogP contribution in [0.5, 0.6) is 0 Å². The van der Waals surface area contributed by atoms with Gasteiger partial charge in [0.25, 0.3) is 0 Å². The van der Waals surface area contributed by atoms with Crippen molar-refractivity contribution < 1.29 is 9.53 Å². The molecule has 0 atom stereocenters. The Balaban J connectivity index is 1.69. The molecule has 4 nitrogen and oxygen atoms in total. The highest BCUT2D eigenvalue weighted by atomic mass is 16.5.